The van der Waals surface area contributed by atoms with E-state index in [1.165, 1.54) is 17.4 Å². The number of likely N-dealkylation sites (N-methyl/N-ethyl adjacent to an activating group) is 1. The van der Waals surface area contributed by atoms with Gasteiger partial charge in [-0.15, -0.1) is 0 Å². The minimum atomic E-state index is -0.0617. The maximum atomic E-state index is 11.9. The zero-order valence-corrected chi connectivity index (χ0v) is 9.31. The molecule has 0 aromatic rings. The van der Waals surface area contributed by atoms with Crippen LogP contribution in [-0.4, -0.2) is 55.4 Å². The van der Waals surface area contributed by atoms with E-state index < -0.39 is 0 Å². The number of rotatable bonds is 3. The molecule has 1 saturated heterocycles. The molecule has 0 radical (unpaired) electrons. The van der Waals surface area contributed by atoms with E-state index in [0.29, 0.717) is 6.04 Å². The summed E-state index contributed by atoms with van der Waals surface area (Å²) in [6.45, 7) is 5.11. The Hall–Kier alpha value is -1.36. The minimum absolute atomic E-state index is 0.0617. The van der Waals surface area contributed by atoms with Crippen LogP contribution in [0.2, 0.25) is 0 Å². The van der Waals surface area contributed by atoms with Gasteiger partial charge in [-0.3, -0.25) is 9.89 Å². The second kappa shape index (κ2) is 5.50. The smallest absolute Gasteiger partial charge is 0.322 e. The Morgan fingerprint density at radius 2 is 2.47 bits per heavy atom. The fourth-order valence-corrected chi connectivity index (χ4v) is 1.63. The summed E-state index contributed by atoms with van der Waals surface area (Å²) in [5.41, 5.74) is 0. The molecule has 1 fully saturated rings. The van der Waals surface area contributed by atoms with E-state index in [1.54, 1.807) is 11.9 Å². The first kappa shape index (κ1) is 11.7. The van der Waals surface area contributed by atoms with Crippen molar-refractivity contribution in [2.45, 2.75) is 12.5 Å². The Labute approximate surface area is 90.5 Å². The van der Waals surface area contributed by atoms with Gasteiger partial charge in [0.2, 0.25) is 0 Å². The van der Waals surface area contributed by atoms with Gasteiger partial charge < -0.3 is 10.2 Å². The molecule has 0 aromatic heterocycles. The number of amides is 2. The van der Waals surface area contributed by atoms with Crippen LogP contribution in [-0.2, 0) is 0 Å². The SMILES string of the molecule is C=CN(C=NC)C(=O)N1CCC(NC)C1. The van der Waals surface area contributed by atoms with E-state index in [4.69, 9.17) is 0 Å². The molecular weight excluding hydrogens is 192 g/mol. The summed E-state index contributed by atoms with van der Waals surface area (Å²) in [5.74, 6) is 0. The number of nitrogens with zero attached hydrogens (tertiary/aromatic N) is 3. The lowest BCUT2D eigenvalue weighted by Crippen LogP contribution is -2.40. The van der Waals surface area contributed by atoms with E-state index in [9.17, 15) is 4.79 Å². The van der Waals surface area contributed by atoms with E-state index in [1.807, 2.05) is 7.05 Å². The molecule has 5 heteroatoms. The molecule has 15 heavy (non-hydrogen) atoms. The van der Waals surface area contributed by atoms with Crippen molar-refractivity contribution in [3.05, 3.63) is 12.8 Å². The summed E-state index contributed by atoms with van der Waals surface area (Å²) in [6.07, 6.45) is 3.94. The highest BCUT2D eigenvalue weighted by Crippen LogP contribution is 2.10. The lowest BCUT2D eigenvalue weighted by Gasteiger charge is -2.21. The maximum absolute atomic E-state index is 11.9. The number of hydrogen-bond acceptors (Lipinski definition) is 3. The van der Waals surface area contributed by atoms with E-state index in [0.717, 1.165) is 19.5 Å². The van der Waals surface area contributed by atoms with Gasteiger partial charge in [-0.2, -0.15) is 0 Å². The normalized spacial score (nSPS) is 20.9. The van der Waals surface area contributed by atoms with Crippen LogP contribution in [0.3, 0.4) is 0 Å². The summed E-state index contributed by atoms with van der Waals surface area (Å²) >= 11 is 0. The lowest BCUT2D eigenvalue weighted by molar-refractivity contribution is 0.195. The highest BCUT2D eigenvalue weighted by molar-refractivity contribution is 5.87. The number of hydrogen-bond donors (Lipinski definition) is 1. The van der Waals surface area contributed by atoms with Gasteiger partial charge in [-0.25, -0.2) is 4.79 Å². The van der Waals surface area contributed by atoms with Crippen molar-refractivity contribution in [3.8, 4) is 0 Å². The summed E-state index contributed by atoms with van der Waals surface area (Å²) < 4.78 is 0. The first-order valence-electron chi connectivity index (χ1n) is 5.02. The van der Waals surface area contributed by atoms with Gasteiger partial charge in [0.15, 0.2) is 0 Å². The number of nitrogens with one attached hydrogen (secondary N) is 1. The summed E-state index contributed by atoms with van der Waals surface area (Å²) in [4.78, 5) is 18.9. The van der Waals surface area contributed by atoms with Crippen LogP contribution in [0.25, 0.3) is 0 Å². The molecule has 5 nitrogen and oxygen atoms in total. The predicted molar refractivity (Wildman–Crippen MR) is 60.9 cm³/mol. The molecule has 0 bridgehead atoms. The van der Waals surface area contributed by atoms with Gasteiger partial charge in [-0.1, -0.05) is 6.58 Å². The van der Waals surface area contributed by atoms with Gasteiger partial charge in [0.05, 0.1) is 6.34 Å². The van der Waals surface area contributed by atoms with Crippen LogP contribution in [0.15, 0.2) is 17.8 Å². The van der Waals surface area contributed by atoms with E-state index in [-0.39, 0.29) is 6.03 Å². The zero-order chi connectivity index (χ0) is 11.3. The third kappa shape index (κ3) is 2.79. The highest BCUT2D eigenvalue weighted by Gasteiger charge is 2.26. The number of carbonyl (C=O) groups is 1. The summed E-state index contributed by atoms with van der Waals surface area (Å²) in [7, 11) is 3.54. The van der Waals surface area contributed by atoms with Gasteiger partial charge in [0.1, 0.15) is 0 Å². The van der Waals surface area contributed by atoms with Crippen molar-refractivity contribution in [2.75, 3.05) is 27.2 Å². The quantitative estimate of drug-likeness (QED) is 0.545. The number of carbonyl (C=O) groups excluding carboxylic acids is 1. The second-order valence-corrected chi connectivity index (χ2v) is 3.47. The first-order valence-corrected chi connectivity index (χ1v) is 5.02. The molecule has 1 N–H and O–H groups in total. The molecule has 1 unspecified atom stereocenters. The maximum Gasteiger partial charge on any atom is 0.329 e. The molecule has 1 rings (SSSR count). The molecule has 0 spiro atoms. The standard InChI is InChI=1S/C10H18N4O/c1-4-13(8-11-2)10(15)14-6-5-9(7-14)12-3/h4,8-9,12H,1,5-7H2,2-3H3. The summed E-state index contributed by atoms with van der Waals surface area (Å²) in [5, 5.41) is 3.17. The van der Waals surface area contributed by atoms with Crippen molar-refractivity contribution < 1.29 is 4.79 Å². The highest BCUT2D eigenvalue weighted by atomic mass is 16.2. The molecule has 1 heterocycles. The molecule has 2 amide bonds. The van der Waals surface area contributed by atoms with Gasteiger partial charge in [0, 0.05) is 32.4 Å². The Balaban J connectivity index is 2.56. The minimum Gasteiger partial charge on any atom is -0.322 e. The Morgan fingerprint density at radius 1 is 1.73 bits per heavy atom. The fourth-order valence-electron chi connectivity index (χ4n) is 1.63. The molecule has 84 valence electrons. The first-order chi connectivity index (χ1) is 7.22. The number of urea groups is 1. The van der Waals surface area contributed by atoms with Gasteiger partial charge in [-0.05, 0) is 13.5 Å². The van der Waals surface area contributed by atoms with Crippen LogP contribution < -0.4 is 5.32 Å². The van der Waals surface area contributed by atoms with Gasteiger partial charge >= 0.3 is 6.03 Å². The van der Waals surface area contributed by atoms with Crippen molar-refractivity contribution in [1.82, 2.24) is 15.1 Å². The summed E-state index contributed by atoms with van der Waals surface area (Å²) in [6, 6.07) is 0.340. The van der Waals surface area contributed by atoms with Crippen LogP contribution >= 0.6 is 0 Å². The Kier molecular flexibility index (Phi) is 4.30. The monoisotopic (exact) mass is 210 g/mol. The number of likely N-dealkylation sites (tertiary alicyclic amines) is 1. The van der Waals surface area contributed by atoms with Crippen molar-refractivity contribution >= 4 is 12.4 Å². The predicted octanol–water partition coefficient (Wildman–Crippen LogP) is 0.504. The molecule has 1 aliphatic rings. The largest absolute Gasteiger partial charge is 0.329 e. The van der Waals surface area contributed by atoms with Crippen LogP contribution in [0.4, 0.5) is 4.79 Å². The zero-order valence-electron chi connectivity index (χ0n) is 9.31. The van der Waals surface area contributed by atoms with Crippen LogP contribution in [0.1, 0.15) is 6.42 Å². The van der Waals surface area contributed by atoms with Crippen molar-refractivity contribution in [1.29, 1.82) is 0 Å². The van der Waals surface area contributed by atoms with Crippen LogP contribution in [0, 0.1) is 0 Å². The molecule has 0 aromatic carbocycles. The van der Waals surface area contributed by atoms with E-state index >= 15 is 0 Å². The molecule has 0 saturated carbocycles. The average molecular weight is 210 g/mol. The van der Waals surface area contributed by atoms with Crippen molar-refractivity contribution in [3.63, 3.8) is 0 Å². The number of aliphatic imine (C=N–C) groups is 1. The molecule has 1 aliphatic heterocycles. The Bertz CT molecular complexity index is 264. The topological polar surface area (TPSA) is 47.9 Å². The van der Waals surface area contributed by atoms with Crippen LogP contribution in [0.5, 0.6) is 0 Å². The average Bonchev–Trinajstić information content (AvgIpc) is 2.73. The second-order valence-electron chi connectivity index (χ2n) is 3.47. The van der Waals surface area contributed by atoms with Crippen molar-refractivity contribution in [2.24, 2.45) is 4.99 Å². The molecule has 0 aliphatic carbocycles. The van der Waals surface area contributed by atoms with Gasteiger partial charge in [0.25, 0.3) is 0 Å². The third-order valence-corrected chi connectivity index (χ3v) is 2.52. The van der Waals surface area contributed by atoms with E-state index in [2.05, 4.69) is 16.9 Å². The fraction of sp³-hybridized carbons (Fsp3) is 0.600. The molecule has 1 atom stereocenters. The molecular formula is C10H18N4O. The lowest BCUT2D eigenvalue weighted by atomic mass is 10.3. The Morgan fingerprint density at radius 3 is 2.93 bits per heavy atom. The third-order valence-electron chi connectivity index (χ3n) is 2.52.